The second-order valence-corrected chi connectivity index (χ2v) is 5.53. The molecule has 2 unspecified atom stereocenters. The van der Waals surface area contributed by atoms with Gasteiger partial charge >= 0.3 is 0 Å². The molecule has 0 aliphatic heterocycles. The van der Waals surface area contributed by atoms with E-state index in [0.717, 1.165) is 18.9 Å². The van der Waals surface area contributed by atoms with Crippen LogP contribution in [-0.4, -0.2) is 43.8 Å². The summed E-state index contributed by atoms with van der Waals surface area (Å²) in [5.74, 6) is 0.724. The van der Waals surface area contributed by atoms with Gasteiger partial charge in [0.25, 0.3) is 0 Å². The second-order valence-electron chi connectivity index (χ2n) is 5.53. The lowest BCUT2D eigenvalue weighted by Crippen LogP contribution is -2.54. The summed E-state index contributed by atoms with van der Waals surface area (Å²) in [6.07, 6.45) is 2.19. The predicted molar refractivity (Wildman–Crippen MR) is 70.6 cm³/mol. The standard InChI is InChI=1S/C13H30N2O/c1-11(2)9-12(3)15(5)13(4,10-14)7-8-16-6/h11-12H,7-10,14H2,1-6H3. The summed E-state index contributed by atoms with van der Waals surface area (Å²) in [7, 11) is 3.92. The van der Waals surface area contributed by atoms with Crippen LogP contribution >= 0.6 is 0 Å². The third-order valence-electron chi connectivity index (χ3n) is 3.61. The number of likely N-dealkylation sites (N-methyl/N-ethyl adjacent to an activating group) is 1. The van der Waals surface area contributed by atoms with Crippen molar-refractivity contribution in [2.24, 2.45) is 11.7 Å². The van der Waals surface area contributed by atoms with Crippen LogP contribution < -0.4 is 5.73 Å². The second kappa shape index (κ2) is 7.25. The third kappa shape index (κ3) is 4.81. The first-order valence-electron chi connectivity index (χ1n) is 6.29. The zero-order valence-electron chi connectivity index (χ0n) is 11.9. The van der Waals surface area contributed by atoms with Gasteiger partial charge in [-0.05, 0) is 39.7 Å². The molecule has 0 aliphatic carbocycles. The topological polar surface area (TPSA) is 38.5 Å². The van der Waals surface area contributed by atoms with Crippen LogP contribution in [0, 0.1) is 5.92 Å². The molecule has 0 rings (SSSR count). The number of nitrogens with two attached hydrogens (primary N) is 1. The summed E-state index contributed by atoms with van der Waals surface area (Å²) in [6, 6.07) is 0.561. The van der Waals surface area contributed by atoms with E-state index >= 15 is 0 Å². The van der Waals surface area contributed by atoms with E-state index in [0.29, 0.717) is 12.6 Å². The van der Waals surface area contributed by atoms with Crippen molar-refractivity contribution in [3.8, 4) is 0 Å². The van der Waals surface area contributed by atoms with Gasteiger partial charge in [0.05, 0.1) is 0 Å². The lowest BCUT2D eigenvalue weighted by atomic mass is 9.92. The number of ether oxygens (including phenoxy) is 1. The van der Waals surface area contributed by atoms with Crippen molar-refractivity contribution in [3.05, 3.63) is 0 Å². The number of methoxy groups -OCH3 is 1. The van der Waals surface area contributed by atoms with Crippen molar-refractivity contribution in [1.29, 1.82) is 0 Å². The van der Waals surface area contributed by atoms with Gasteiger partial charge in [-0.2, -0.15) is 0 Å². The minimum Gasteiger partial charge on any atom is -0.385 e. The summed E-state index contributed by atoms with van der Waals surface area (Å²) in [6.45, 7) is 10.5. The SMILES string of the molecule is COCCC(C)(CN)N(C)C(C)CC(C)C. The zero-order valence-corrected chi connectivity index (χ0v) is 11.9. The molecule has 0 spiro atoms. The molecule has 0 amide bonds. The van der Waals surface area contributed by atoms with Crippen molar-refractivity contribution in [3.63, 3.8) is 0 Å². The van der Waals surface area contributed by atoms with E-state index in [1.165, 1.54) is 6.42 Å². The minimum absolute atomic E-state index is 0.0459. The molecule has 0 aromatic rings. The maximum absolute atomic E-state index is 5.92. The maximum Gasteiger partial charge on any atom is 0.0480 e. The fourth-order valence-electron chi connectivity index (χ4n) is 2.12. The van der Waals surface area contributed by atoms with Gasteiger partial charge < -0.3 is 10.5 Å². The van der Waals surface area contributed by atoms with Crippen molar-refractivity contribution < 1.29 is 4.74 Å². The largest absolute Gasteiger partial charge is 0.385 e. The quantitative estimate of drug-likeness (QED) is 0.694. The van der Waals surface area contributed by atoms with Gasteiger partial charge in [-0.15, -0.1) is 0 Å². The summed E-state index contributed by atoms with van der Waals surface area (Å²) >= 11 is 0. The molecule has 0 aliphatic rings. The number of rotatable bonds is 8. The molecular formula is C13H30N2O. The van der Waals surface area contributed by atoms with E-state index in [4.69, 9.17) is 10.5 Å². The molecule has 0 radical (unpaired) electrons. The highest BCUT2D eigenvalue weighted by atomic mass is 16.5. The van der Waals surface area contributed by atoms with E-state index in [2.05, 4.69) is 39.6 Å². The molecule has 0 saturated carbocycles. The van der Waals surface area contributed by atoms with Gasteiger partial charge in [0.2, 0.25) is 0 Å². The molecule has 0 bridgehead atoms. The lowest BCUT2D eigenvalue weighted by Gasteiger charge is -2.42. The van der Waals surface area contributed by atoms with E-state index in [1.807, 2.05) is 0 Å². The van der Waals surface area contributed by atoms with Crippen molar-refractivity contribution in [1.82, 2.24) is 4.90 Å². The van der Waals surface area contributed by atoms with Crippen LogP contribution in [0.2, 0.25) is 0 Å². The summed E-state index contributed by atoms with van der Waals surface area (Å²) in [5.41, 5.74) is 5.97. The summed E-state index contributed by atoms with van der Waals surface area (Å²) in [5, 5.41) is 0. The number of hydrogen-bond donors (Lipinski definition) is 1. The Balaban J connectivity index is 4.42. The van der Waals surface area contributed by atoms with Crippen LogP contribution in [0.3, 0.4) is 0 Å². The van der Waals surface area contributed by atoms with Gasteiger partial charge in [-0.3, -0.25) is 4.90 Å². The molecule has 3 nitrogen and oxygen atoms in total. The smallest absolute Gasteiger partial charge is 0.0480 e. The van der Waals surface area contributed by atoms with E-state index in [1.54, 1.807) is 7.11 Å². The Kier molecular flexibility index (Phi) is 7.20. The Labute approximate surface area is 101 Å². The van der Waals surface area contributed by atoms with Crippen LogP contribution in [0.15, 0.2) is 0 Å². The Morgan fingerprint density at radius 1 is 1.31 bits per heavy atom. The Hall–Kier alpha value is -0.120. The van der Waals surface area contributed by atoms with Gasteiger partial charge in [-0.25, -0.2) is 0 Å². The molecule has 2 atom stereocenters. The highest BCUT2D eigenvalue weighted by molar-refractivity contribution is 4.88. The Morgan fingerprint density at radius 3 is 2.25 bits per heavy atom. The van der Waals surface area contributed by atoms with Crippen LogP contribution in [0.1, 0.15) is 40.5 Å². The minimum atomic E-state index is 0.0459. The molecule has 0 aromatic carbocycles. The molecule has 2 N–H and O–H groups in total. The highest BCUT2D eigenvalue weighted by Crippen LogP contribution is 2.22. The van der Waals surface area contributed by atoms with Gasteiger partial charge in [0.15, 0.2) is 0 Å². The average molecular weight is 230 g/mol. The Morgan fingerprint density at radius 2 is 1.88 bits per heavy atom. The molecule has 0 fully saturated rings. The highest BCUT2D eigenvalue weighted by Gasteiger charge is 2.30. The normalized spacial score (nSPS) is 17.8. The molecule has 98 valence electrons. The number of nitrogens with zero attached hydrogens (tertiary/aromatic N) is 1. The van der Waals surface area contributed by atoms with Gasteiger partial charge in [-0.1, -0.05) is 13.8 Å². The number of hydrogen-bond acceptors (Lipinski definition) is 3. The first-order chi connectivity index (χ1) is 7.37. The lowest BCUT2D eigenvalue weighted by molar-refractivity contribution is 0.0550. The summed E-state index contributed by atoms with van der Waals surface area (Å²) < 4.78 is 5.17. The molecular weight excluding hydrogens is 200 g/mol. The maximum atomic E-state index is 5.92. The third-order valence-corrected chi connectivity index (χ3v) is 3.61. The first kappa shape index (κ1) is 15.9. The zero-order chi connectivity index (χ0) is 12.8. The Bertz CT molecular complexity index is 185. The van der Waals surface area contributed by atoms with Crippen LogP contribution in [0.5, 0.6) is 0 Å². The predicted octanol–water partition coefficient (Wildman–Crippen LogP) is 2.11. The van der Waals surface area contributed by atoms with Crippen LogP contribution in [-0.2, 0) is 4.74 Å². The molecule has 0 aromatic heterocycles. The first-order valence-corrected chi connectivity index (χ1v) is 6.29. The molecule has 16 heavy (non-hydrogen) atoms. The van der Waals surface area contributed by atoms with E-state index < -0.39 is 0 Å². The van der Waals surface area contributed by atoms with Gasteiger partial charge in [0.1, 0.15) is 0 Å². The van der Waals surface area contributed by atoms with Crippen molar-refractivity contribution in [2.45, 2.75) is 52.1 Å². The summed E-state index contributed by atoms with van der Waals surface area (Å²) in [4.78, 5) is 2.41. The molecule has 0 saturated heterocycles. The van der Waals surface area contributed by atoms with E-state index in [9.17, 15) is 0 Å². The molecule has 3 heteroatoms. The van der Waals surface area contributed by atoms with E-state index in [-0.39, 0.29) is 5.54 Å². The van der Waals surface area contributed by atoms with Crippen LogP contribution in [0.25, 0.3) is 0 Å². The molecule has 0 heterocycles. The fourth-order valence-corrected chi connectivity index (χ4v) is 2.12. The van der Waals surface area contributed by atoms with Crippen LogP contribution in [0.4, 0.5) is 0 Å². The monoisotopic (exact) mass is 230 g/mol. The van der Waals surface area contributed by atoms with Crippen molar-refractivity contribution in [2.75, 3.05) is 27.3 Å². The van der Waals surface area contributed by atoms with Gasteiger partial charge in [0, 0.05) is 31.8 Å². The van der Waals surface area contributed by atoms with Crippen molar-refractivity contribution >= 4 is 0 Å². The fraction of sp³-hybridized carbons (Fsp3) is 1.00. The average Bonchev–Trinajstić information content (AvgIpc) is 2.23.